The van der Waals surface area contributed by atoms with Gasteiger partial charge in [0, 0.05) is 17.8 Å². The molecule has 0 unspecified atom stereocenters. The van der Waals surface area contributed by atoms with Crippen LogP contribution in [0.2, 0.25) is 0 Å². The zero-order chi connectivity index (χ0) is 20.8. The van der Waals surface area contributed by atoms with E-state index in [2.05, 4.69) is 16.4 Å². The fourth-order valence-electron chi connectivity index (χ4n) is 2.85. The zero-order valence-corrected chi connectivity index (χ0v) is 16.1. The van der Waals surface area contributed by atoms with Crippen LogP contribution in [0.15, 0.2) is 54.6 Å². The van der Waals surface area contributed by atoms with E-state index in [4.69, 9.17) is 21.0 Å². The molecule has 0 saturated carbocycles. The van der Waals surface area contributed by atoms with E-state index >= 15 is 0 Å². The zero-order valence-electron chi connectivity index (χ0n) is 16.1. The van der Waals surface area contributed by atoms with Crippen LogP contribution in [0.4, 0.5) is 17.2 Å². The SMILES string of the molecule is Cc1cc(C=CC#N)cc(C)c1Oc1ccc(N)c(Nc2ccc(C#N)cc2)n1. The smallest absolute Gasteiger partial charge is 0.221 e. The molecule has 3 N–H and O–H groups in total. The molecule has 142 valence electrons. The number of nitrogens with zero attached hydrogens (tertiary/aromatic N) is 3. The van der Waals surface area contributed by atoms with Crippen LogP contribution in [-0.4, -0.2) is 4.98 Å². The summed E-state index contributed by atoms with van der Waals surface area (Å²) < 4.78 is 6.03. The van der Waals surface area contributed by atoms with Crippen molar-refractivity contribution in [1.82, 2.24) is 4.98 Å². The van der Waals surface area contributed by atoms with Gasteiger partial charge >= 0.3 is 0 Å². The first-order chi connectivity index (χ1) is 14.0. The molecule has 0 fully saturated rings. The second-order valence-electron chi connectivity index (χ2n) is 6.45. The number of nitrogen functional groups attached to an aromatic ring is 1. The van der Waals surface area contributed by atoms with Gasteiger partial charge in [-0.1, -0.05) is 0 Å². The highest BCUT2D eigenvalue weighted by molar-refractivity contribution is 5.69. The Balaban J connectivity index is 1.85. The number of aryl methyl sites for hydroxylation is 2. The Morgan fingerprint density at radius 2 is 1.72 bits per heavy atom. The number of aromatic nitrogens is 1. The van der Waals surface area contributed by atoms with Crippen LogP contribution in [0.25, 0.3) is 6.08 Å². The Labute approximate surface area is 169 Å². The van der Waals surface area contributed by atoms with Crippen LogP contribution in [0.1, 0.15) is 22.3 Å². The molecule has 1 aromatic heterocycles. The number of nitriles is 2. The summed E-state index contributed by atoms with van der Waals surface area (Å²) in [5.41, 5.74) is 10.7. The maximum Gasteiger partial charge on any atom is 0.221 e. The summed E-state index contributed by atoms with van der Waals surface area (Å²) in [4.78, 5) is 4.48. The minimum Gasteiger partial charge on any atom is -0.438 e. The molecule has 0 aliphatic heterocycles. The standard InChI is InChI=1S/C23H19N5O/c1-15-12-18(4-3-11-24)13-16(2)22(15)29-21-10-9-20(26)23(28-21)27-19-7-5-17(14-25)6-8-19/h3-10,12-13H,26H2,1-2H3,(H,27,28). The molecular formula is C23H19N5O. The Kier molecular flexibility index (Phi) is 5.77. The van der Waals surface area contributed by atoms with Crippen LogP contribution in [-0.2, 0) is 0 Å². The van der Waals surface area contributed by atoms with Crippen LogP contribution >= 0.6 is 0 Å². The van der Waals surface area contributed by atoms with E-state index in [1.807, 2.05) is 32.0 Å². The van der Waals surface area contributed by atoms with Gasteiger partial charge in [-0.15, -0.1) is 0 Å². The Hall–Kier alpha value is -4.29. The van der Waals surface area contributed by atoms with Crippen molar-refractivity contribution >= 4 is 23.3 Å². The normalized spacial score (nSPS) is 10.3. The number of rotatable bonds is 5. The Morgan fingerprint density at radius 1 is 1.03 bits per heavy atom. The largest absolute Gasteiger partial charge is 0.438 e. The maximum absolute atomic E-state index is 8.91. The Morgan fingerprint density at radius 3 is 2.34 bits per heavy atom. The molecule has 0 radical (unpaired) electrons. The predicted molar refractivity (Wildman–Crippen MR) is 114 cm³/mol. The molecule has 0 bridgehead atoms. The predicted octanol–water partition coefficient (Wildman–Crippen LogP) is 5.23. The number of benzene rings is 2. The molecule has 0 aliphatic carbocycles. The highest BCUT2D eigenvalue weighted by atomic mass is 16.5. The molecule has 0 atom stereocenters. The number of ether oxygens (including phenoxy) is 1. The van der Waals surface area contributed by atoms with E-state index in [-0.39, 0.29) is 0 Å². The molecule has 0 aliphatic rings. The number of pyridine rings is 1. The van der Waals surface area contributed by atoms with Gasteiger partial charge in [0.15, 0.2) is 5.82 Å². The van der Waals surface area contributed by atoms with Crippen molar-refractivity contribution in [2.75, 3.05) is 11.1 Å². The van der Waals surface area contributed by atoms with Gasteiger partial charge in [0.2, 0.25) is 5.88 Å². The monoisotopic (exact) mass is 381 g/mol. The van der Waals surface area contributed by atoms with Gasteiger partial charge in [-0.25, -0.2) is 0 Å². The van der Waals surface area contributed by atoms with Gasteiger partial charge in [-0.05, 0) is 79.1 Å². The molecular weight excluding hydrogens is 362 g/mol. The lowest BCUT2D eigenvalue weighted by atomic mass is 10.1. The van der Waals surface area contributed by atoms with Crippen molar-refractivity contribution in [2.45, 2.75) is 13.8 Å². The van der Waals surface area contributed by atoms with Gasteiger partial charge in [0.1, 0.15) is 5.75 Å². The average molecular weight is 381 g/mol. The summed E-state index contributed by atoms with van der Waals surface area (Å²) in [5, 5.41) is 20.7. The third-order valence-corrected chi connectivity index (χ3v) is 4.22. The first-order valence-corrected chi connectivity index (χ1v) is 8.89. The van der Waals surface area contributed by atoms with E-state index in [1.54, 1.807) is 42.5 Å². The molecule has 6 nitrogen and oxygen atoms in total. The number of hydrogen-bond donors (Lipinski definition) is 2. The molecule has 3 rings (SSSR count). The topological polar surface area (TPSA) is 108 Å². The van der Waals surface area contributed by atoms with Gasteiger partial charge in [-0.3, -0.25) is 0 Å². The van der Waals surface area contributed by atoms with Crippen molar-refractivity contribution in [2.24, 2.45) is 0 Å². The third kappa shape index (κ3) is 4.71. The lowest BCUT2D eigenvalue weighted by molar-refractivity contribution is 0.457. The second-order valence-corrected chi connectivity index (χ2v) is 6.45. The fourth-order valence-corrected chi connectivity index (χ4v) is 2.85. The first kappa shape index (κ1) is 19.5. The van der Waals surface area contributed by atoms with E-state index in [0.717, 1.165) is 22.4 Å². The molecule has 29 heavy (non-hydrogen) atoms. The molecule has 6 heteroatoms. The van der Waals surface area contributed by atoms with E-state index < -0.39 is 0 Å². The molecule has 1 heterocycles. The minimum atomic E-state index is 0.405. The second kappa shape index (κ2) is 8.60. The minimum absolute atomic E-state index is 0.405. The van der Waals surface area contributed by atoms with Crippen molar-refractivity contribution in [1.29, 1.82) is 10.5 Å². The van der Waals surface area contributed by atoms with E-state index in [1.165, 1.54) is 6.08 Å². The van der Waals surface area contributed by atoms with E-state index in [0.29, 0.717) is 28.7 Å². The van der Waals surface area contributed by atoms with Gasteiger partial charge in [0.25, 0.3) is 0 Å². The fraction of sp³-hybridized carbons (Fsp3) is 0.0870. The maximum atomic E-state index is 8.91. The van der Waals surface area contributed by atoms with Crippen LogP contribution in [0, 0.1) is 36.5 Å². The molecule has 0 spiro atoms. The van der Waals surface area contributed by atoms with Gasteiger partial charge in [0.05, 0.1) is 23.4 Å². The van der Waals surface area contributed by atoms with Crippen LogP contribution < -0.4 is 15.8 Å². The highest BCUT2D eigenvalue weighted by Gasteiger charge is 2.10. The number of allylic oxidation sites excluding steroid dienone is 1. The number of nitrogens with one attached hydrogen (secondary N) is 1. The Bertz CT molecular complexity index is 1130. The van der Waals surface area contributed by atoms with Crippen LogP contribution in [0.3, 0.4) is 0 Å². The summed E-state index contributed by atoms with van der Waals surface area (Å²) in [6, 6.07) is 18.4. The third-order valence-electron chi connectivity index (χ3n) is 4.22. The molecule has 3 aromatic rings. The van der Waals surface area contributed by atoms with Crippen molar-refractivity contribution in [3.63, 3.8) is 0 Å². The van der Waals surface area contributed by atoms with Crippen molar-refractivity contribution < 1.29 is 4.74 Å². The summed E-state index contributed by atoms with van der Waals surface area (Å²) in [6.07, 6.45) is 3.20. The number of nitrogens with two attached hydrogens (primary N) is 1. The van der Waals surface area contributed by atoms with Crippen molar-refractivity contribution in [3.8, 4) is 23.8 Å². The summed E-state index contributed by atoms with van der Waals surface area (Å²) in [7, 11) is 0. The highest BCUT2D eigenvalue weighted by Crippen LogP contribution is 2.31. The summed E-state index contributed by atoms with van der Waals surface area (Å²) in [5.74, 6) is 1.58. The van der Waals surface area contributed by atoms with Gasteiger partial charge < -0.3 is 15.8 Å². The summed E-state index contributed by atoms with van der Waals surface area (Å²) >= 11 is 0. The van der Waals surface area contributed by atoms with E-state index in [9.17, 15) is 0 Å². The number of hydrogen-bond acceptors (Lipinski definition) is 6. The first-order valence-electron chi connectivity index (χ1n) is 8.89. The summed E-state index contributed by atoms with van der Waals surface area (Å²) in [6.45, 7) is 3.89. The lowest BCUT2D eigenvalue weighted by Gasteiger charge is -2.14. The number of anilines is 3. The average Bonchev–Trinajstić information content (AvgIpc) is 2.72. The molecule has 2 aromatic carbocycles. The molecule has 0 saturated heterocycles. The quantitative estimate of drug-likeness (QED) is 0.586. The lowest BCUT2D eigenvalue weighted by Crippen LogP contribution is -2.01. The van der Waals surface area contributed by atoms with Crippen molar-refractivity contribution in [3.05, 3.63) is 76.9 Å². The molecule has 0 amide bonds. The van der Waals surface area contributed by atoms with Gasteiger partial charge in [-0.2, -0.15) is 15.5 Å². The van der Waals surface area contributed by atoms with Crippen LogP contribution in [0.5, 0.6) is 11.6 Å².